The first-order chi connectivity index (χ1) is 7.11. The van der Waals surface area contributed by atoms with Crippen molar-refractivity contribution in [2.75, 3.05) is 0 Å². The molecular formula is C12H20N2O. The first-order valence-corrected chi connectivity index (χ1v) is 5.85. The standard InChI is InChI=1S/C12H20N2O/c1-3-14-9-11(8-13-14)7-12(15)5-4-10(2)6-12/h8-10,15H,3-7H2,1-2H3. The Hall–Kier alpha value is -0.830. The van der Waals surface area contributed by atoms with Gasteiger partial charge in [0, 0.05) is 19.2 Å². The second-order valence-corrected chi connectivity index (χ2v) is 4.95. The normalized spacial score (nSPS) is 31.0. The van der Waals surface area contributed by atoms with Crippen LogP contribution in [0.15, 0.2) is 12.4 Å². The van der Waals surface area contributed by atoms with E-state index in [0.29, 0.717) is 5.92 Å². The Kier molecular flexibility index (Phi) is 2.83. The molecule has 2 atom stereocenters. The topological polar surface area (TPSA) is 38.0 Å². The highest BCUT2D eigenvalue weighted by Crippen LogP contribution is 2.36. The van der Waals surface area contributed by atoms with Gasteiger partial charge in [0.2, 0.25) is 0 Å². The Morgan fingerprint density at radius 2 is 2.47 bits per heavy atom. The van der Waals surface area contributed by atoms with Gasteiger partial charge in [-0.2, -0.15) is 5.10 Å². The molecule has 1 heterocycles. The van der Waals surface area contributed by atoms with Crippen LogP contribution in [0, 0.1) is 5.92 Å². The SMILES string of the molecule is CCn1cc(CC2(O)CCC(C)C2)cn1. The van der Waals surface area contributed by atoms with Gasteiger partial charge in [-0.1, -0.05) is 6.92 Å². The molecule has 0 radical (unpaired) electrons. The van der Waals surface area contributed by atoms with Crippen LogP contribution in [-0.2, 0) is 13.0 Å². The average Bonchev–Trinajstić information content (AvgIpc) is 2.74. The molecule has 3 nitrogen and oxygen atoms in total. The van der Waals surface area contributed by atoms with Crippen molar-refractivity contribution < 1.29 is 5.11 Å². The van der Waals surface area contributed by atoms with Crippen molar-refractivity contribution in [2.24, 2.45) is 5.92 Å². The lowest BCUT2D eigenvalue weighted by molar-refractivity contribution is 0.0446. The second kappa shape index (κ2) is 3.97. The minimum absolute atomic E-state index is 0.471. The molecule has 0 bridgehead atoms. The van der Waals surface area contributed by atoms with Crippen molar-refractivity contribution in [3.63, 3.8) is 0 Å². The van der Waals surface area contributed by atoms with Gasteiger partial charge in [-0.3, -0.25) is 4.68 Å². The first-order valence-electron chi connectivity index (χ1n) is 5.85. The third kappa shape index (κ3) is 2.40. The average molecular weight is 208 g/mol. The smallest absolute Gasteiger partial charge is 0.0691 e. The quantitative estimate of drug-likeness (QED) is 0.825. The summed E-state index contributed by atoms with van der Waals surface area (Å²) in [6, 6.07) is 0. The van der Waals surface area contributed by atoms with Crippen molar-refractivity contribution >= 4 is 0 Å². The van der Waals surface area contributed by atoms with Crippen LogP contribution in [0.3, 0.4) is 0 Å². The highest BCUT2D eigenvalue weighted by Gasteiger charge is 2.35. The Morgan fingerprint density at radius 1 is 1.67 bits per heavy atom. The number of aromatic nitrogens is 2. The van der Waals surface area contributed by atoms with Crippen molar-refractivity contribution in [3.8, 4) is 0 Å². The predicted molar refractivity (Wildman–Crippen MR) is 59.6 cm³/mol. The molecule has 1 N–H and O–H groups in total. The van der Waals surface area contributed by atoms with E-state index in [-0.39, 0.29) is 0 Å². The molecule has 1 fully saturated rings. The minimum Gasteiger partial charge on any atom is -0.390 e. The van der Waals surface area contributed by atoms with E-state index in [2.05, 4.69) is 18.9 Å². The predicted octanol–water partition coefficient (Wildman–Crippen LogP) is 2.00. The molecule has 0 spiro atoms. The Labute approximate surface area is 91.1 Å². The zero-order chi connectivity index (χ0) is 10.9. The largest absolute Gasteiger partial charge is 0.390 e. The summed E-state index contributed by atoms with van der Waals surface area (Å²) in [6.07, 6.45) is 7.71. The third-order valence-electron chi connectivity index (χ3n) is 3.37. The molecule has 1 aromatic heterocycles. The van der Waals surface area contributed by atoms with Crippen LogP contribution >= 0.6 is 0 Å². The molecule has 84 valence electrons. The molecule has 0 aliphatic heterocycles. The molecular weight excluding hydrogens is 188 g/mol. The Bertz CT molecular complexity index is 334. The van der Waals surface area contributed by atoms with E-state index in [4.69, 9.17) is 0 Å². The summed E-state index contributed by atoms with van der Waals surface area (Å²) < 4.78 is 1.91. The Morgan fingerprint density at radius 3 is 3.00 bits per heavy atom. The van der Waals surface area contributed by atoms with E-state index in [0.717, 1.165) is 37.8 Å². The summed E-state index contributed by atoms with van der Waals surface area (Å²) in [5, 5.41) is 14.6. The zero-order valence-corrected chi connectivity index (χ0v) is 9.61. The highest BCUT2D eigenvalue weighted by atomic mass is 16.3. The van der Waals surface area contributed by atoms with Gasteiger partial charge < -0.3 is 5.11 Å². The maximum absolute atomic E-state index is 10.4. The van der Waals surface area contributed by atoms with Crippen LogP contribution in [0.4, 0.5) is 0 Å². The lowest BCUT2D eigenvalue weighted by Crippen LogP contribution is -2.27. The lowest BCUT2D eigenvalue weighted by Gasteiger charge is -2.21. The number of rotatable bonds is 3. The van der Waals surface area contributed by atoms with Gasteiger partial charge >= 0.3 is 0 Å². The molecule has 0 aromatic carbocycles. The van der Waals surface area contributed by atoms with Crippen molar-refractivity contribution in [1.82, 2.24) is 9.78 Å². The van der Waals surface area contributed by atoms with E-state index in [1.165, 1.54) is 0 Å². The van der Waals surface area contributed by atoms with Gasteiger partial charge in [-0.25, -0.2) is 0 Å². The number of nitrogens with zero attached hydrogens (tertiary/aromatic N) is 2. The summed E-state index contributed by atoms with van der Waals surface area (Å²) in [4.78, 5) is 0. The van der Waals surface area contributed by atoms with Crippen molar-refractivity contribution in [1.29, 1.82) is 0 Å². The summed E-state index contributed by atoms with van der Waals surface area (Å²) in [5.41, 5.74) is 0.689. The maximum atomic E-state index is 10.4. The van der Waals surface area contributed by atoms with E-state index in [1.807, 2.05) is 17.1 Å². The first kappa shape index (κ1) is 10.7. The van der Waals surface area contributed by atoms with Crippen LogP contribution in [0.25, 0.3) is 0 Å². The summed E-state index contributed by atoms with van der Waals surface area (Å²) >= 11 is 0. The van der Waals surface area contributed by atoms with Gasteiger partial charge in [0.15, 0.2) is 0 Å². The van der Waals surface area contributed by atoms with Gasteiger partial charge in [0.05, 0.1) is 11.8 Å². The van der Waals surface area contributed by atoms with E-state index < -0.39 is 5.60 Å². The van der Waals surface area contributed by atoms with Crippen LogP contribution in [-0.4, -0.2) is 20.5 Å². The fourth-order valence-corrected chi connectivity index (χ4v) is 2.58. The molecule has 1 aromatic rings. The fourth-order valence-electron chi connectivity index (χ4n) is 2.58. The molecule has 2 rings (SSSR count). The van der Waals surface area contributed by atoms with Gasteiger partial charge in [-0.05, 0) is 37.7 Å². The molecule has 0 amide bonds. The monoisotopic (exact) mass is 208 g/mol. The molecule has 0 saturated heterocycles. The highest BCUT2D eigenvalue weighted by molar-refractivity contribution is 5.09. The van der Waals surface area contributed by atoms with Crippen LogP contribution in [0.2, 0.25) is 0 Å². The van der Waals surface area contributed by atoms with Crippen molar-refractivity contribution in [2.45, 2.75) is 51.7 Å². The minimum atomic E-state index is -0.471. The summed E-state index contributed by atoms with van der Waals surface area (Å²) in [6.45, 7) is 5.19. The summed E-state index contributed by atoms with van der Waals surface area (Å²) in [7, 11) is 0. The van der Waals surface area contributed by atoms with Gasteiger partial charge in [0.25, 0.3) is 0 Å². The maximum Gasteiger partial charge on any atom is 0.0691 e. The molecule has 1 saturated carbocycles. The second-order valence-electron chi connectivity index (χ2n) is 4.95. The third-order valence-corrected chi connectivity index (χ3v) is 3.37. The van der Waals surface area contributed by atoms with E-state index in [9.17, 15) is 5.11 Å². The number of hydrogen-bond donors (Lipinski definition) is 1. The molecule has 1 aliphatic rings. The van der Waals surface area contributed by atoms with E-state index >= 15 is 0 Å². The Balaban J connectivity index is 2.02. The summed E-state index contributed by atoms with van der Waals surface area (Å²) in [5.74, 6) is 0.663. The number of aryl methyl sites for hydroxylation is 1. The van der Waals surface area contributed by atoms with Gasteiger partial charge in [-0.15, -0.1) is 0 Å². The van der Waals surface area contributed by atoms with Crippen LogP contribution < -0.4 is 0 Å². The van der Waals surface area contributed by atoms with Crippen LogP contribution in [0.5, 0.6) is 0 Å². The van der Waals surface area contributed by atoms with Crippen molar-refractivity contribution in [3.05, 3.63) is 18.0 Å². The molecule has 3 heteroatoms. The number of hydrogen-bond acceptors (Lipinski definition) is 2. The molecule has 1 aliphatic carbocycles. The lowest BCUT2D eigenvalue weighted by atomic mass is 9.94. The van der Waals surface area contributed by atoms with Gasteiger partial charge in [0.1, 0.15) is 0 Å². The van der Waals surface area contributed by atoms with E-state index in [1.54, 1.807) is 0 Å². The molecule has 15 heavy (non-hydrogen) atoms. The van der Waals surface area contributed by atoms with Crippen LogP contribution in [0.1, 0.15) is 38.7 Å². The number of aliphatic hydroxyl groups is 1. The zero-order valence-electron chi connectivity index (χ0n) is 9.61. The molecule has 2 unspecified atom stereocenters. The fraction of sp³-hybridized carbons (Fsp3) is 0.750.